The molecular weight excluding hydrogens is 412 g/mol. The number of halogens is 1. The van der Waals surface area contributed by atoms with Gasteiger partial charge in [0.15, 0.2) is 0 Å². The van der Waals surface area contributed by atoms with Crippen LogP contribution >= 0.6 is 15.9 Å². The highest BCUT2D eigenvalue weighted by Gasteiger charge is 2.35. The summed E-state index contributed by atoms with van der Waals surface area (Å²) in [5.41, 5.74) is 0.870. The summed E-state index contributed by atoms with van der Waals surface area (Å²) < 4.78 is 0.772. The van der Waals surface area contributed by atoms with E-state index in [0.29, 0.717) is 30.6 Å². The molecule has 2 aliphatic rings. The van der Waals surface area contributed by atoms with E-state index in [9.17, 15) is 14.4 Å². The second-order valence-corrected chi connectivity index (χ2v) is 8.10. The summed E-state index contributed by atoms with van der Waals surface area (Å²) in [6.07, 6.45) is 2.48. The molecule has 8 heteroatoms. The number of hydrogen-bond donors (Lipinski definition) is 1. The number of benzene rings is 1. The van der Waals surface area contributed by atoms with Gasteiger partial charge in [0.1, 0.15) is 0 Å². The molecule has 0 atom stereocenters. The van der Waals surface area contributed by atoms with Gasteiger partial charge >= 0.3 is 6.03 Å². The highest BCUT2D eigenvalue weighted by Crippen LogP contribution is 2.26. The molecule has 2 heterocycles. The van der Waals surface area contributed by atoms with Crippen molar-refractivity contribution in [1.29, 1.82) is 0 Å². The monoisotopic (exact) mass is 436 g/mol. The van der Waals surface area contributed by atoms with Gasteiger partial charge in [-0.15, -0.1) is 0 Å². The number of urea groups is 1. The molecule has 4 amide bonds. The van der Waals surface area contributed by atoms with E-state index in [-0.39, 0.29) is 23.9 Å². The third kappa shape index (κ3) is 4.32. The predicted molar refractivity (Wildman–Crippen MR) is 106 cm³/mol. The van der Waals surface area contributed by atoms with Gasteiger partial charge in [0, 0.05) is 30.7 Å². The molecule has 1 aromatic rings. The molecule has 0 aromatic heterocycles. The molecule has 27 heavy (non-hydrogen) atoms. The third-order valence-corrected chi connectivity index (χ3v) is 5.82. The fourth-order valence-electron chi connectivity index (χ4n) is 3.57. The highest BCUT2D eigenvalue weighted by atomic mass is 79.9. The van der Waals surface area contributed by atoms with E-state index in [1.54, 1.807) is 23.1 Å². The number of carbonyl (C=O) groups excluding carboxylic acids is 3. The first-order valence-electron chi connectivity index (χ1n) is 9.23. The Labute approximate surface area is 167 Å². The van der Waals surface area contributed by atoms with Crippen LogP contribution in [0.3, 0.4) is 0 Å². The zero-order valence-electron chi connectivity index (χ0n) is 15.7. The molecule has 146 valence electrons. The minimum atomic E-state index is -0.272. The highest BCUT2D eigenvalue weighted by molar-refractivity contribution is 9.10. The van der Waals surface area contributed by atoms with Crippen LogP contribution in [0.25, 0.3) is 0 Å². The van der Waals surface area contributed by atoms with Gasteiger partial charge in [0.25, 0.3) is 11.8 Å². The summed E-state index contributed by atoms with van der Waals surface area (Å²) in [5, 5.41) is 2.89. The zero-order valence-corrected chi connectivity index (χ0v) is 17.3. The van der Waals surface area contributed by atoms with E-state index < -0.39 is 0 Å². The molecule has 0 spiro atoms. The van der Waals surface area contributed by atoms with Gasteiger partial charge in [0.2, 0.25) is 0 Å². The van der Waals surface area contributed by atoms with E-state index in [4.69, 9.17) is 0 Å². The molecule has 1 saturated heterocycles. The standard InChI is InChI=1S/C19H25BrN4O3/c1-22-10-6-14(7-11-22)23(2)19(27)21-8-3-9-24-17(25)15-5-4-13(20)12-16(15)18(24)26/h4-5,12,14H,3,6-11H2,1-2H3,(H,21,27). The first kappa shape index (κ1) is 19.8. The van der Waals surface area contributed by atoms with E-state index in [0.717, 1.165) is 30.4 Å². The average Bonchev–Trinajstić information content (AvgIpc) is 2.89. The molecule has 0 aliphatic carbocycles. The third-order valence-electron chi connectivity index (χ3n) is 5.32. The number of amides is 4. The van der Waals surface area contributed by atoms with Gasteiger partial charge in [-0.3, -0.25) is 14.5 Å². The quantitative estimate of drug-likeness (QED) is 0.566. The normalized spacial score (nSPS) is 18.0. The SMILES string of the molecule is CN1CCC(N(C)C(=O)NCCCN2C(=O)c3ccc(Br)cc3C2=O)CC1. The van der Waals surface area contributed by atoms with E-state index >= 15 is 0 Å². The number of rotatable bonds is 5. The first-order valence-corrected chi connectivity index (χ1v) is 10.0. The van der Waals surface area contributed by atoms with Gasteiger partial charge in [-0.2, -0.15) is 0 Å². The maximum atomic E-state index is 12.4. The number of hydrogen-bond acceptors (Lipinski definition) is 4. The minimum Gasteiger partial charge on any atom is -0.338 e. The molecular formula is C19H25BrN4O3. The van der Waals surface area contributed by atoms with Crippen molar-refractivity contribution in [3.8, 4) is 0 Å². The Morgan fingerprint density at radius 3 is 2.59 bits per heavy atom. The number of imide groups is 1. The van der Waals surface area contributed by atoms with Crippen LogP contribution in [-0.2, 0) is 0 Å². The van der Waals surface area contributed by atoms with Crippen molar-refractivity contribution in [3.05, 3.63) is 33.8 Å². The van der Waals surface area contributed by atoms with Crippen LogP contribution in [0, 0.1) is 0 Å². The molecule has 0 saturated carbocycles. The van der Waals surface area contributed by atoms with Crippen LogP contribution in [0.1, 0.15) is 40.0 Å². The first-order chi connectivity index (χ1) is 12.9. The van der Waals surface area contributed by atoms with Crippen molar-refractivity contribution in [2.24, 2.45) is 0 Å². The second-order valence-electron chi connectivity index (χ2n) is 7.18. The van der Waals surface area contributed by atoms with Crippen LogP contribution < -0.4 is 5.32 Å². The van der Waals surface area contributed by atoms with Crippen LogP contribution in [0.5, 0.6) is 0 Å². The number of nitrogens with zero attached hydrogens (tertiary/aromatic N) is 3. The summed E-state index contributed by atoms with van der Waals surface area (Å²) in [4.78, 5) is 42.4. The summed E-state index contributed by atoms with van der Waals surface area (Å²) in [5.74, 6) is -0.539. The Kier molecular flexibility index (Phi) is 6.16. The lowest BCUT2D eigenvalue weighted by atomic mass is 10.0. The van der Waals surface area contributed by atoms with Gasteiger partial charge in [-0.1, -0.05) is 15.9 Å². The van der Waals surface area contributed by atoms with Crippen molar-refractivity contribution in [1.82, 2.24) is 20.0 Å². The Bertz CT molecular complexity index is 746. The van der Waals surface area contributed by atoms with Crippen molar-refractivity contribution in [3.63, 3.8) is 0 Å². The van der Waals surface area contributed by atoms with Crippen molar-refractivity contribution in [2.45, 2.75) is 25.3 Å². The molecule has 3 rings (SSSR count). The Morgan fingerprint density at radius 1 is 1.22 bits per heavy atom. The molecule has 2 aliphatic heterocycles. The fourth-order valence-corrected chi connectivity index (χ4v) is 3.93. The van der Waals surface area contributed by atoms with E-state index in [2.05, 4.69) is 33.2 Å². The Morgan fingerprint density at radius 2 is 1.89 bits per heavy atom. The molecule has 1 fully saturated rings. The summed E-state index contributed by atoms with van der Waals surface area (Å²) in [7, 11) is 3.92. The lowest BCUT2D eigenvalue weighted by Crippen LogP contribution is -2.48. The van der Waals surface area contributed by atoms with Crippen molar-refractivity contribution >= 4 is 33.8 Å². The minimum absolute atomic E-state index is 0.101. The predicted octanol–water partition coefficient (Wildman–Crippen LogP) is 2.17. The molecule has 1 N–H and O–H groups in total. The van der Waals surface area contributed by atoms with Gasteiger partial charge in [-0.25, -0.2) is 4.79 Å². The maximum absolute atomic E-state index is 12.4. The van der Waals surface area contributed by atoms with Crippen LogP contribution in [-0.4, -0.2) is 78.9 Å². The average molecular weight is 437 g/mol. The topological polar surface area (TPSA) is 73.0 Å². The van der Waals surface area contributed by atoms with Gasteiger partial charge in [0.05, 0.1) is 11.1 Å². The molecule has 0 bridgehead atoms. The summed E-state index contributed by atoms with van der Waals surface area (Å²) in [6.45, 7) is 2.71. The fraction of sp³-hybridized carbons (Fsp3) is 0.526. The molecule has 0 unspecified atom stereocenters. The van der Waals surface area contributed by atoms with E-state index in [1.807, 2.05) is 7.05 Å². The molecule has 1 aromatic carbocycles. The molecule has 0 radical (unpaired) electrons. The number of fused-ring (bicyclic) bond motifs is 1. The number of piperidine rings is 1. The maximum Gasteiger partial charge on any atom is 0.317 e. The Balaban J connectivity index is 1.44. The number of likely N-dealkylation sites (tertiary alicyclic amines) is 1. The van der Waals surface area contributed by atoms with Gasteiger partial charge < -0.3 is 15.1 Å². The Hall–Kier alpha value is -1.93. The lowest BCUT2D eigenvalue weighted by Gasteiger charge is -2.35. The van der Waals surface area contributed by atoms with Crippen molar-refractivity contribution < 1.29 is 14.4 Å². The largest absolute Gasteiger partial charge is 0.338 e. The van der Waals surface area contributed by atoms with E-state index in [1.165, 1.54) is 4.90 Å². The van der Waals surface area contributed by atoms with Crippen LogP contribution in [0.4, 0.5) is 4.79 Å². The lowest BCUT2D eigenvalue weighted by molar-refractivity contribution is 0.0653. The number of carbonyl (C=O) groups is 3. The van der Waals surface area contributed by atoms with Crippen molar-refractivity contribution in [2.75, 3.05) is 40.3 Å². The zero-order chi connectivity index (χ0) is 19.6. The van der Waals surface area contributed by atoms with Crippen LogP contribution in [0.15, 0.2) is 22.7 Å². The van der Waals surface area contributed by atoms with Crippen LogP contribution in [0.2, 0.25) is 0 Å². The summed E-state index contributed by atoms with van der Waals surface area (Å²) in [6, 6.07) is 5.25. The van der Waals surface area contributed by atoms with Gasteiger partial charge in [-0.05, 0) is 57.6 Å². The second kappa shape index (κ2) is 8.39. The summed E-state index contributed by atoms with van der Waals surface area (Å²) >= 11 is 3.32. The number of nitrogens with one attached hydrogen (secondary N) is 1. The molecule has 7 nitrogen and oxygen atoms in total. The smallest absolute Gasteiger partial charge is 0.317 e.